The lowest BCUT2D eigenvalue weighted by atomic mass is 9.99. The van der Waals surface area contributed by atoms with Crippen LogP contribution in [0.3, 0.4) is 0 Å². The molecule has 0 spiro atoms. The van der Waals surface area contributed by atoms with Gasteiger partial charge in [-0.05, 0) is 41.0 Å². The molecule has 4 atom stereocenters. The molecule has 1 aliphatic rings. The third kappa shape index (κ3) is 7.80. The molecule has 0 saturated carbocycles. The minimum atomic E-state index is -1.89. The van der Waals surface area contributed by atoms with Crippen LogP contribution in [0.25, 0.3) is 0 Å². The number of rotatable bonds is 14. The van der Waals surface area contributed by atoms with Crippen LogP contribution in [0.5, 0.6) is 5.75 Å². The van der Waals surface area contributed by atoms with E-state index in [1.54, 1.807) is 73.8 Å². The lowest BCUT2D eigenvalue weighted by molar-refractivity contribution is -0.163. The van der Waals surface area contributed by atoms with Gasteiger partial charge >= 0.3 is 5.97 Å². The summed E-state index contributed by atoms with van der Waals surface area (Å²) in [6.07, 6.45) is 0.0422. The average Bonchev–Trinajstić information content (AvgIpc) is 3.03. The van der Waals surface area contributed by atoms with E-state index >= 15 is 0 Å². The second-order valence-electron chi connectivity index (χ2n) is 9.21. The monoisotopic (exact) mass is 628 g/mol. The first-order valence-corrected chi connectivity index (χ1v) is 15.2. The lowest BCUT2D eigenvalue weighted by Gasteiger charge is -2.48. The van der Waals surface area contributed by atoms with Crippen LogP contribution in [0.15, 0.2) is 102 Å². The Bertz CT molecular complexity index is 1420. The fourth-order valence-corrected chi connectivity index (χ4v) is 6.21. The van der Waals surface area contributed by atoms with E-state index in [2.05, 4.69) is 11.9 Å². The van der Waals surface area contributed by atoms with E-state index in [1.165, 1.54) is 4.90 Å². The highest BCUT2D eigenvalue weighted by Gasteiger charge is 2.55. The molecule has 0 bridgehead atoms. The molecule has 0 aromatic heterocycles. The van der Waals surface area contributed by atoms with Crippen LogP contribution in [0.1, 0.15) is 11.1 Å². The predicted octanol–water partition coefficient (Wildman–Crippen LogP) is 4.19. The highest BCUT2D eigenvalue weighted by Crippen LogP contribution is 2.36. The molecule has 9 nitrogen and oxygen atoms in total. The van der Waals surface area contributed by atoms with Crippen molar-refractivity contribution in [1.29, 1.82) is 0 Å². The van der Waals surface area contributed by atoms with E-state index in [0.29, 0.717) is 28.3 Å². The van der Waals surface area contributed by atoms with Crippen LogP contribution in [-0.4, -0.2) is 57.3 Å². The minimum Gasteiger partial charge on any atom is -0.497 e. The molecular formula is C30H29ClN2O7S2. The van der Waals surface area contributed by atoms with Gasteiger partial charge in [-0.25, -0.2) is 12.6 Å². The van der Waals surface area contributed by atoms with Gasteiger partial charge < -0.3 is 19.7 Å². The number of carbonyl (C=O) groups excluding carboxylic acids is 3. The molecule has 0 radical (unpaired) electrons. The predicted molar refractivity (Wildman–Crippen MR) is 161 cm³/mol. The van der Waals surface area contributed by atoms with Crippen LogP contribution in [0.4, 0.5) is 0 Å². The molecule has 1 aliphatic heterocycles. The van der Waals surface area contributed by atoms with Gasteiger partial charge in [-0.1, -0.05) is 67.2 Å². The summed E-state index contributed by atoms with van der Waals surface area (Å²) in [5.41, 5.74) is 1.68. The minimum absolute atomic E-state index is 0.0422. The Hall–Kier alpha value is -3.64. The van der Waals surface area contributed by atoms with Crippen molar-refractivity contribution in [3.05, 3.63) is 108 Å². The maximum absolute atomic E-state index is 13.4. The number of nitrogens with zero attached hydrogens (tertiary/aromatic N) is 1. The SMILES string of the molecule is C=C(CCl)[C@H](C(=O)OCc1ccc(OC)cc1)N1C(=O)[C@@H](NC(=O)Cc2ccccc2)[C@H]1SOS(=O)c1ccccc1. The Morgan fingerprint density at radius 3 is 2.29 bits per heavy atom. The third-order valence-electron chi connectivity index (χ3n) is 6.34. The summed E-state index contributed by atoms with van der Waals surface area (Å²) in [5, 5.41) is 1.79. The highest BCUT2D eigenvalue weighted by atomic mass is 35.5. The normalized spacial score (nSPS) is 17.5. The number of carbonyl (C=O) groups is 3. The molecule has 12 heteroatoms. The van der Waals surface area contributed by atoms with Crippen molar-refractivity contribution in [1.82, 2.24) is 10.2 Å². The van der Waals surface area contributed by atoms with E-state index < -0.39 is 46.3 Å². The molecule has 3 aromatic carbocycles. The zero-order valence-corrected chi connectivity index (χ0v) is 25.0. The van der Waals surface area contributed by atoms with Crippen molar-refractivity contribution >= 4 is 52.5 Å². The first kappa shape index (κ1) is 31.3. The van der Waals surface area contributed by atoms with Gasteiger partial charge in [0.2, 0.25) is 22.9 Å². The Balaban J connectivity index is 1.51. The molecule has 220 valence electrons. The molecule has 4 rings (SSSR count). The van der Waals surface area contributed by atoms with Crippen molar-refractivity contribution in [3.8, 4) is 5.75 Å². The molecule has 1 saturated heterocycles. The number of esters is 1. The molecule has 42 heavy (non-hydrogen) atoms. The standard InChI is InChI=1S/C30H29ClN2O7S2/c1-20(18-31)27(30(36)39-19-22-13-15-23(38-2)16-14-22)33-28(35)26(32-25(34)17-21-9-5-3-6-10-21)29(33)41-40-42(37)24-11-7-4-8-12-24/h3-16,26-27,29H,1,17-19H2,2H3,(H,32,34)/t26-,27-,29-,42?/m1/s1. The summed E-state index contributed by atoms with van der Waals surface area (Å²) < 4.78 is 29.0. The zero-order chi connectivity index (χ0) is 30.1. The number of benzene rings is 3. The molecule has 1 heterocycles. The number of halogens is 1. The number of alkyl halides is 1. The van der Waals surface area contributed by atoms with Crippen molar-refractivity contribution in [3.63, 3.8) is 0 Å². The fraction of sp³-hybridized carbons (Fsp3) is 0.233. The first-order valence-electron chi connectivity index (χ1n) is 12.8. The summed E-state index contributed by atoms with van der Waals surface area (Å²) in [7, 11) is 1.55. The van der Waals surface area contributed by atoms with Crippen molar-refractivity contribution < 1.29 is 31.7 Å². The van der Waals surface area contributed by atoms with Crippen molar-refractivity contribution in [2.75, 3.05) is 13.0 Å². The molecule has 1 fully saturated rings. The Labute approximate surface area is 256 Å². The van der Waals surface area contributed by atoms with Gasteiger partial charge in [-0.15, -0.1) is 11.6 Å². The van der Waals surface area contributed by atoms with Crippen molar-refractivity contribution in [2.45, 2.75) is 35.4 Å². The second kappa shape index (κ2) is 15.0. The first-order chi connectivity index (χ1) is 20.3. The number of likely N-dealkylation sites (tertiary alicyclic amines) is 1. The number of hydrogen-bond acceptors (Lipinski definition) is 8. The van der Waals surface area contributed by atoms with Crippen LogP contribution in [-0.2, 0) is 46.9 Å². The van der Waals surface area contributed by atoms with E-state index in [4.69, 9.17) is 24.7 Å². The summed E-state index contributed by atoms with van der Waals surface area (Å²) in [6, 6.07) is 22.2. The van der Waals surface area contributed by atoms with E-state index in [0.717, 1.165) is 5.56 Å². The fourth-order valence-electron chi connectivity index (χ4n) is 4.15. The number of nitrogens with one attached hydrogen (secondary N) is 1. The summed E-state index contributed by atoms with van der Waals surface area (Å²) in [4.78, 5) is 41.2. The number of hydrogen-bond donors (Lipinski definition) is 1. The number of methoxy groups -OCH3 is 1. The number of ether oxygens (including phenoxy) is 2. The second-order valence-corrected chi connectivity index (χ2v) is 11.6. The van der Waals surface area contributed by atoms with Gasteiger partial charge in [0, 0.05) is 17.9 Å². The molecule has 1 unspecified atom stereocenters. The molecule has 3 aromatic rings. The summed E-state index contributed by atoms with van der Waals surface area (Å²) >= 11 is 4.89. The van der Waals surface area contributed by atoms with Gasteiger partial charge in [0.25, 0.3) is 0 Å². The smallest absolute Gasteiger partial charge is 0.333 e. The summed E-state index contributed by atoms with van der Waals surface area (Å²) in [6.45, 7) is 3.82. The lowest BCUT2D eigenvalue weighted by Crippen LogP contribution is -2.73. The topological polar surface area (TPSA) is 111 Å². The quantitative estimate of drug-likeness (QED) is 0.0931. The Morgan fingerprint density at radius 1 is 1.02 bits per heavy atom. The summed E-state index contributed by atoms with van der Waals surface area (Å²) in [5.74, 6) is -1.19. The van der Waals surface area contributed by atoms with E-state index in [1.807, 2.05) is 18.2 Å². The maximum Gasteiger partial charge on any atom is 0.333 e. The molecular weight excluding hydrogens is 600 g/mol. The van der Waals surface area contributed by atoms with Gasteiger partial charge in [0.1, 0.15) is 23.8 Å². The highest BCUT2D eigenvalue weighted by molar-refractivity contribution is 8.03. The van der Waals surface area contributed by atoms with E-state index in [9.17, 15) is 18.6 Å². The molecule has 2 amide bonds. The van der Waals surface area contributed by atoms with Gasteiger partial charge in [0.15, 0.2) is 6.04 Å². The average molecular weight is 629 g/mol. The Kier molecular flexibility index (Phi) is 11.2. The van der Waals surface area contributed by atoms with Crippen LogP contribution >= 0.6 is 23.6 Å². The van der Waals surface area contributed by atoms with Crippen LogP contribution in [0, 0.1) is 0 Å². The molecule has 1 N–H and O–H groups in total. The van der Waals surface area contributed by atoms with Crippen molar-refractivity contribution in [2.24, 2.45) is 0 Å². The van der Waals surface area contributed by atoms with Crippen LogP contribution in [0.2, 0.25) is 0 Å². The maximum atomic E-state index is 13.4. The molecule has 0 aliphatic carbocycles. The largest absolute Gasteiger partial charge is 0.497 e. The van der Waals surface area contributed by atoms with E-state index in [-0.39, 0.29) is 24.5 Å². The Morgan fingerprint density at radius 2 is 1.67 bits per heavy atom. The van der Waals surface area contributed by atoms with Gasteiger partial charge in [0.05, 0.1) is 18.4 Å². The third-order valence-corrected chi connectivity index (χ3v) is 8.84. The number of amides is 2. The van der Waals surface area contributed by atoms with Gasteiger partial charge in [-0.2, -0.15) is 0 Å². The van der Waals surface area contributed by atoms with Gasteiger partial charge in [-0.3, -0.25) is 9.59 Å². The van der Waals surface area contributed by atoms with Crippen LogP contribution < -0.4 is 10.1 Å². The number of β-lactam (4-membered cyclic amide) rings is 1. The zero-order valence-electron chi connectivity index (χ0n) is 22.6.